The molecule has 7 nitrogen and oxygen atoms in total. The number of rotatable bonds is 2. The van der Waals surface area contributed by atoms with Gasteiger partial charge in [0.05, 0.1) is 17.6 Å². The fourth-order valence-electron chi connectivity index (χ4n) is 7.28. The van der Waals surface area contributed by atoms with Gasteiger partial charge in [-0.15, -0.1) is 0 Å². The third-order valence-corrected chi connectivity index (χ3v) is 8.68. The van der Waals surface area contributed by atoms with Gasteiger partial charge in [0.25, 0.3) is 0 Å². The molecular weight excluding hydrogens is 380 g/mol. The van der Waals surface area contributed by atoms with E-state index in [9.17, 15) is 14.7 Å². The zero-order chi connectivity index (χ0) is 20.9. The lowest BCUT2D eigenvalue weighted by molar-refractivity contribution is -0.163. The number of nitriles is 1. The first-order chi connectivity index (χ1) is 14.5. The number of carbonyl (C=O) groups excluding carboxylic acids is 2. The van der Waals surface area contributed by atoms with Crippen LogP contribution in [0.1, 0.15) is 57.8 Å². The van der Waals surface area contributed by atoms with Crippen LogP contribution in [0.3, 0.4) is 0 Å². The van der Waals surface area contributed by atoms with Crippen molar-refractivity contribution in [2.45, 2.75) is 69.9 Å². The van der Waals surface area contributed by atoms with E-state index >= 15 is 0 Å². The zero-order valence-corrected chi connectivity index (χ0v) is 17.8. The average Bonchev–Trinajstić information content (AvgIpc) is 2.76. The van der Waals surface area contributed by atoms with Gasteiger partial charge < -0.3 is 20.2 Å². The van der Waals surface area contributed by atoms with Crippen molar-refractivity contribution in [3.8, 4) is 6.07 Å². The maximum absolute atomic E-state index is 13.4. The second-order valence-electron chi connectivity index (χ2n) is 10.7. The highest BCUT2D eigenvalue weighted by molar-refractivity contribution is 5.83. The highest BCUT2D eigenvalue weighted by Crippen LogP contribution is 2.60. The van der Waals surface area contributed by atoms with Gasteiger partial charge in [-0.2, -0.15) is 5.26 Å². The molecule has 4 aliphatic carbocycles. The number of amides is 3. The molecule has 3 unspecified atom stereocenters. The Balaban J connectivity index is 1.19. The summed E-state index contributed by atoms with van der Waals surface area (Å²) in [6.45, 7) is 2.63. The highest BCUT2D eigenvalue weighted by atomic mass is 16.3. The molecule has 2 N–H and O–H groups in total. The molecule has 4 bridgehead atoms. The lowest BCUT2D eigenvalue weighted by Gasteiger charge is -2.58. The summed E-state index contributed by atoms with van der Waals surface area (Å²) in [5.74, 6) is 1.42. The van der Waals surface area contributed by atoms with Crippen molar-refractivity contribution in [1.82, 2.24) is 15.1 Å². The molecular formula is C23H34N4O3. The number of carbonyl (C=O) groups is 2. The monoisotopic (exact) mass is 414 g/mol. The van der Waals surface area contributed by atoms with E-state index in [1.807, 2.05) is 9.80 Å². The number of aliphatic hydroxyl groups excluding tert-OH is 1. The van der Waals surface area contributed by atoms with Gasteiger partial charge in [0.15, 0.2) is 0 Å². The first-order valence-corrected chi connectivity index (χ1v) is 11.9. The number of nitrogens with zero attached hydrogens (tertiary/aromatic N) is 3. The maximum atomic E-state index is 13.4. The van der Waals surface area contributed by atoms with Crippen molar-refractivity contribution in [1.29, 1.82) is 5.26 Å². The van der Waals surface area contributed by atoms with Gasteiger partial charge in [-0.05, 0) is 75.5 Å². The van der Waals surface area contributed by atoms with Crippen molar-refractivity contribution < 1.29 is 14.7 Å². The summed E-state index contributed by atoms with van der Waals surface area (Å²) in [6.07, 6.45) is 7.93. The van der Waals surface area contributed by atoms with Crippen molar-refractivity contribution >= 4 is 11.9 Å². The Kier molecular flexibility index (Phi) is 5.17. The summed E-state index contributed by atoms with van der Waals surface area (Å²) in [6, 6.07) is 2.39. The van der Waals surface area contributed by atoms with Crippen LogP contribution in [0.2, 0.25) is 0 Å². The fourth-order valence-corrected chi connectivity index (χ4v) is 7.28. The average molecular weight is 415 g/mol. The Morgan fingerprint density at radius 1 is 1.00 bits per heavy atom. The van der Waals surface area contributed by atoms with Crippen molar-refractivity contribution in [3.05, 3.63) is 0 Å². The van der Waals surface area contributed by atoms with Crippen LogP contribution in [0.5, 0.6) is 0 Å². The van der Waals surface area contributed by atoms with E-state index in [1.165, 1.54) is 0 Å². The molecule has 6 aliphatic rings. The molecule has 0 spiro atoms. The molecule has 0 aromatic rings. The van der Waals surface area contributed by atoms with E-state index in [-0.39, 0.29) is 35.4 Å². The Morgan fingerprint density at radius 2 is 1.70 bits per heavy atom. The van der Waals surface area contributed by atoms with Crippen LogP contribution in [0, 0.1) is 40.4 Å². The molecule has 3 amide bonds. The second-order valence-corrected chi connectivity index (χ2v) is 10.7. The van der Waals surface area contributed by atoms with Crippen LogP contribution < -0.4 is 5.32 Å². The minimum Gasteiger partial charge on any atom is -0.393 e. The molecule has 0 aromatic heterocycles. The molecule has 0 aromatic carbocycles. The van der Waals surface area contributed by atoms with Crippen LogP contribution in [0.25, 0.3) is 0 Å². The predicted molar refractivity (Wildman–Crippen MR) is 110 cm³/mol. The van der Waals surface area contributed by atoms with Gasteiger partial charge >= 0.3 is 6.03 Å². The number of urea groups is 1. The third kappa shape index (κ3) is 3.47. The summed E-state index contributed by atoms with van der Waals surface area (Å²) in [4.78, 5) is 30.1. The van der Waals surface area contributed by atoms with E-state index in [0.29, 0.717) is 37.4 Å². The van der Waals surface area contributed by atoms with Gasteiger partial charge in [0, 0.05) is 38.1 Å². The van der Waals surface area contributed by atoms with E-state index in [0.717, 1.165) is 64.3 Å². The summed E-state index contributed by atoms with van der Waals surface area (Å²) in [5.41, 5.74) is -0.290. The lowest BCUT2D eigenvalue weighted by atomic mass is 9.48. The van der Waals surface area contributed by atoms with E-state index in [1.54, 1.807) is 0 Å². The van der Waals surface area contributed by atoms with Crippen LogP contribution in [0.4, 0.5) is 4.79 Å². The lowest BCUT2D eigenvalue weighted by Crippen LogP contribution is -2.61. The first-order valence-electron chi connectivity index (χ1n) is 11.9. The number of likely N-dealkylation sites (tertiary alicyclic amines) is 2. The molecule has 3 atom stereocenters. The number of hydrogen-bond donors (Lipinski definition) is 2. The van der Waals surface area contributed by atoms with Crippen LogP contribution in [-0.4, -0.2) is 65.2 Å². The molecule has 164 valence electrons. The quantitative estimate of drug-likeness (QED) is 0.723. The van der Waals surface area contributed by atoms with Gasteiger partial charge in [0.2, 0.25) is 5.91 Å². The summed E-state index contributed by atoms with van der Waals surface area (Å²) >= 11 is 0. The van der Waals surface area contributed by atoms with Gasteiger partial charge in [-0.3, -0.25) is 4.79 Å². The van der Waals surface area contributed by atoms with Crippen LogP contribution >= 0.6 is 0 Å². The topological polar surface area (TPSA) is 96.7 Å². The summed E-state index contributed by atoms with van der Waals surface area (Å²) in [7, 11) is 0. The molecule has 7 heteroatoms. The number of nitrogens with one attached hydrogen (secondary N) is 1. The van der Waals surface area contributed by atoms with E-state index in [4.69, 9.17) is 5.26 Å². The maximum Gasteiger partial charge on any atom is 0.320 e. The fraction of sp³-hybridized carbons (Fsp3) is 0.870. The van der Waals surface area contributed by atoms with Crippen molar-refractivity contribution in [3.63, 3.8) is 0 Å². The van der Waals surface area contributed by atoms with Gasteiger partial charge in [0.1, 0.15) is 0 Å². The van der Waals surface area contributed by atoms with Crippen molar-refractivity contribution in [2.24, 2.45) is 29.1 Å². The summed E-state index contributed by atoms with van der Waals surface area (Å²) < 4.78 is 0. The molecule has 4 saturated carbocycles. The smallest absolute Gasteiger partial charge is 0.320 e. The Morgan fingerprint density at radius 3 is 2.37 bits per heavy atom. The first kappa shape index (κ1) is 20.1. The normalized spacial score (nSPS) is 40.9. The minimum absolute atomic E-state index is 0.0183. The molecule has 2 aliphatic heterocycles. The molecule has 6 fully saturated rings. The summed E-state index contributed by atoms with van der Waals surface area (Å²) in [5, 5.41) is 22.9. The number of aliphatic hydroxyl groups is 1. The molecule has 30 heavy (non-hydrogen) atoms. The Bertz CT molecular complexity index is 725. The Hall–Kier alpha value is -1.81. The zero-order valence-electron chi connectivity index (χ0n) is 17.8. The van der Waals surface area contributed by atoms with E-state index in [2.05, 4.69) is 11.4 Å². The number of piperidine rings is 2. The molecule has 2 heterocycles. The van der Waals surface area contributed by atoms with E-state index < -0.39 is 0 Å². The number of hydrogen-bond acceptors (Lipinski definition) is 4. The van der Waals surface area contributed by atoms with Crippen molar-refractivity contribution in [2.75, 3.05) is 26.2 Å². The predicted octanol–water partition coefficient (Wildman–Crippen LogP) is 2.11. The highest BCUT2D eigenvalue weighted by Gasteiger charge is 2.58. The standard InChI is InChI=1S/C23H34N4O3/c24-13-15-3-6-26(7-4-15)22(30)27-5-1-2-19(14-27)25-21(29)23-10-16-8-17(11-23)20(28)18(9-16)12-23/h15-20,28H,1-12,14H2,(H,25,29). The van der Waals surface area contributed by atoms with Gasteiger partial charge in [-0.1, -0.05) is 0 Å². The largest absolute Gasteiger partial charge is 0.393 e. The van der Waals surface area contributed by atoms with Crippen LogP contribution in [-0.2, 0) is 4.79 Å². The molecule has 6 rings (SSSR count). The third-order valence-electron chi connectivity index (χ3n) is 8.68. The second kappa shape index (κ2) is 7.71. The van der Waals surface area contributed by atoms with Gasteiger partial charge in [-0.25, -0.2) is 4.79 Å². The molecule has 2 saturated heterocycles. The SMILES string of the molecule is N#CC1CCN(C(=O)N2CCCC(NC(=O)C34CC5CC(C3)C(O)C(C5)C4)C2)CC1. The van der Waals surface area contributed by atoms with Crippen LogP contribution in [0.15, 0.2) is 0 Å². The minimum atomic E-state index is -0.290. The molecule has 0 radical (unpaired) electrons. The Labute approximate surface area is 178 Å².